The molecule has 0 aromatic heterocycles. The van der Waals surface area contributed by atoms with Gasteiger partial charge in [-0.2, -0.15) is 0 Å². The standard InChI is InChI=1S/C19H34O4/c1-4-7-10-15(6-3)14-23-19(21)17-12-9-8-11-16(17)18(20)22-13-5-2/h15-17H,4-14H2,1-3H3. The van der Waals surface area contributed by atoms with Crippen molar-refractivity contribution in [3.63, 3.8) is 0 Å². The molecule has 3 unspecified atom stereocenters. The molecule has 0 radical (unpaired) electrons. The third kappa shape index (κ3) is 6.92. The molecule has 0 amide bonds. The zero-order valence-electron chi connectivity index (χ0n) is 15.1. The lowest BCUT2D eigenvalue weighted by molar-refractivity contribution is -0.163. The Kier molecular flexibility index (Phi) is 9.97. The van der Waals surface area contributed by atoms with Crippen molar-refractivity contribution in [2.75, 3.05) is 13.2 Å². The van der Waals surface area contributed by atoms with Gasteiger partial charge >= 0.3 is 11.9 Å². The zero-order chi connectivity index (χ0) is 17.1. The van der Waals surface area contributed by atoms with Gasteiger partial charge in [0.1, 0.15) is 0 Å². The van der Waals surface area contributed by atoms with Crippen molar-refractivity contribution in [2.45, 2.75) is 78.6 Å². The molecule has 134 valence electrons. The molecule has 1 rings (SSSR count). The van der Waals surface area contributed by atoms with Crippen molar-refractivity contribution in [1.29, 1.82) is 0 Å². The van der Waals surface area contributed by atoms with E-state index in [-0.39, 0.29) is 23.8 Å². The first-order valence-corrected chi connectivity index (χ1v) is 9.47. The molecule has 23 heavy (non-hydrogen) atoms. The van der Waals surface area contributed by atoms with Crippen molar-refractivity contribution in [1.82, 2.24) is 0 Å². The van der Waals surface area contributed by atoms with Crippen LogP contribution in [0.5, 0.6) is 0 Å². The maximum Gasteiger partial charge on any atom is 0.309 e. The van der Waals surface area contributed by atoms with Crippen molar-refractivity contribution < 1.29 is 19.1 Å². The van der Waals surface area contributed by atoms with E-state index in [1.165, 1.54) is 12.8 Å². The third-order valence-corrected chi connectivity index (χ3v) is 4.82. The van der Waals surface area contributed by atoms with E-state index in [0.29, 0.717) is 19.1 Å². The highest BCUT2D eigenvalue weighted by atomic mass is 16.5. The number of unbranched alkanes of at least 4 members (excludes halogenated alkanes) is 1. The SMILES string of the molecule is CCCCC(CC)COC(=O)C1CCCCC1C(=O)OCCC. The van der Waals surface area contributed by atoms with Crippen LogP contribution < -0.4 is 0 Å². The molecule has 0 saturated heterocycles. The second kappa shape index (κ2) is 11.5. The van der Waals surface area contributed by atoms with E-state index in [9.17, 15) is 9.59 Å². The van der Waals surface area contributed by atoms with Gasteiger partial charge in [-0.05, 0) is 31.6 Å². The average Bonchev–Trinajstić information content (AvgIpc) is 2.59. The molecule has 3 atom stereocenters. The first-order valence-electron chi connectivity index (χ1n) is 9.47. The van der Waals surface area contributed by atoms with E-state index in [0.717, 1.165) is 44.9 Å². The number of rotatable bonds is 10. The van der Waals surface area contributed by atoms with E-state index >= 15 is 0 Å². The van der Waals surface area contributed by atoms with Gasteiger partial charge in [-0.15, -0.1) is 0 Å². The van der Waals surface area contributed by atoms with Gasteiger partial charge < -0.3 is 9.47 Å². The summed E-state index contributed by atoms with van der Waals surface area (Å²) >= 11 is 0. The second-order valence-electron chi connectivity index (χ2n) is 6.71. The van der Waals surface area contributed by atoms with Gasteiger partial charge in [0.05, 0.1) is 25.0 Å². The minimum Gasteiger partial charge on any atom is -0.465 e. The predicted octanol–water partition coefficient (Wildman–Crippen LogP) is 4.51. The van der Waals surface area contributed by atoms with Crippen LogP contribution in [-0.2, 0) is 19.1 Å². The summed E-state index contributed by atoms with van der Waals surface area (Å²) in [7, 11) is 0. The summed E-state index contributed by atoms with van der Waals surface area (Å²) < 4.78 is 10.8. The maximum absolute atomic E-state index is 12.5. The minimum absolute atomic E-state index is 0.196. The Bertz CT molecular complexity index is 353. The molecule has 0 aromatic carbocycles. The predicted molar refractivity (Wildman–Crippen MR) is 91.0 cm³/mol. The smallest absolute Gasteiger partial charge is 0.309 e. The molecule has 1 fully saturated rings. The molecule has 0 aromatic rings. The van der Waals surface area contributed by atoms with Crippen LogP contribution in [0.25, 0.3) is 0 Å². The fourth-order valence-electron chi connectivity index (χ4n) is 3.21. The van der Waals surface area contributed by atoms with Gasteiger partial charge in [-0.25, -0.2) is 0 Å². The average molecular weight is 326 g/mol. The number of hydrogen-bond acceptors (Lipinski definition) is 4. The Labute approximate surface area is 141 Å². The van der Waals surface area contributed by atoms with E-state index < -0.39 is 0 Å². The van der Waals surface area contributed by atoms with Crippen molar-refractivity contribution in [2.24, 2.45) is 17.8 Å². The lowest BCUT2D eigenvalue weighted by atomic mass is 9.79. The Morgan fingerprint density at radius 3 is 2.09 bits per heavy atom. The molecule has 0 bridgehead atoms. The third-order valence-electron chi connectivity index (χ3n) is 4.82. The van der Waals surface area contributed by atoms with Crippen molar-refractivity contribution in [3.05, 3.63) is 0 Å². The second-order valence-corrected chi connectivity index (χ2v) is 6.71. The molecule has 1 aliphatic rings. The molecule has 0 spiro atoms. The summed E-state index contributed by atoms with van der Waals surface area (Å²) in [4.78, 5) is 24.6. The quantitative estimate of drug-likeness (QED) is 0.554. The lowest BCUT2D eigenvalue weighted by Gasteiger charge is -2.28. The van der Waals surface area contributed by atoms with Crippen molar-refractivity contribution >= 4 is 11.9 Å². The summed E-state index contributed by atoms with van der Waals surface area (Å²) in [6, 6.07) is 0. The van der Waals surface area contributed by atoms with Crippen LogP contribution in [-0.4, -0.2) is 25.2 Å². The highest BCUT2D eigenvalue weighted by molar-refractivity contribution is 5.82. The number of esters is 2. The highest BCUT2D eigenvalue weighted by Gasteiger charge is 2.37. The fraction of sp³-hybridized carbons (Fsp3) is 0.895. The summed E-state index contributed by atoms with van der Waals surface area (Å²) in [6.07, 6.45) is 8.75. The first kappa shape index (κ1) is 20.0. The van der Waals surface area contributed by atoms with Crippen LogP contribution in [0.1, 0.15) is 78.6 Å². The molecule has 1 saturated carbocycles. The van der Waals surface area contributed by atoms with Crippen molar-refractivity contribution in [3.8, 4) is 0 Å². The Balaban J connectivity index is 2.51. The number of carbonyl (C=O) groups is 2. The molecular formula is C19H34O4. The molecule has 1 aliphatic carbocycles. The van der Waals surface area contributed by atoms with E-state index in [4.69, 9.17) is 9.47 Å². The van der Waals surface area contributed by atoms with Gasteiger partial charge in [0.2, 0.25) is 0 Å². The summed E-state index contributed by atoms with van der Waals surface area (Å²) in [5.74, 6) is -0.590. The van der Waals surface area contributed by atoms with Gasteiger partial charge in [0.15, 0.2) is 0 Å². The Hall–Kier alpha value is -1.06. The van der Waals surface area contributed by atoms with Gasteiger partial charge in [0, 0.05) is 0 Å². The summed E-state index contributed by atoms with van der Waals surface area (Å²) in [5, 5.41) is 0. The Morgan fingerprint density at radius 1 is 0.957 bits per heavy atom. The molecule has 4 nitrogen and oxygen atoms in total. The number of carbonyl (C=O) groups excluding carboxylic acids is 2. The maximum atomic E-state index is 12.5. The normalized spacial score (nSPS) is 22.4. The largest absolute Gasteiger partial charge is 0.465 e. The highest BCUT2D eigenvalue weighted by Crippen LogP contribution is 2.32. The van der Waals surface area contributed by atoms with Gasteiger partial charge in [-0.1, -0.05) is 52.9 Å². The van der Waals surface area contributed by atoms with E-state index in [2.05, 4.69) is 13.8 Å². The van der Waals surface area contributed by atoms with Crippen LogP contribution in [0.3, 0.4) is 0 Å². The fourth-order valence-corrected chi connectivity index (χ4v) is 3.21. The van der Waals surface area contributed by atoms with Crippen LogP contribution in [0.15, 0.2) is 0 Å². The topological polar surface area (TPSA) is 52.6 Å². The van der Waals surface area contributed by atoms with Crippen LogP contribution in [0.2, 0.25) is 0 Å². The van der Waals surface area contributed by atoms with Gasteiger partial charge in [-0.3, -0.25) is 9.59 Å². The first-order chi connectivity index (χ1) is 11.1. The minimum atomic E-state index is -0.309. The molecular weight excluding hydrogens is 292 g/mol. The van der Waals surface area contributed by atoms with Crippen LogP contribution >= 0.6 is 0 Å². The molecule has 0 heterocycles. The van der Waals surface area contributed by atoms with E-state index in [1.807, 2.05) is 6.92 Å². The van der Waals surface area contributed by atoms with Crippen LogP contribution in [0.4, 0.5) is 0 Å². The summed E-state index contributed by atoms with van der Waals surface area (Å²) in [6.45, 7) is 7.21. The number of ether oxygens (including phenoxy) is 2. The molecule has 0 aliphatic heterocycles. The monoisotopic (exact) mass is 326 g/mol. The molecule has 4 heteroatoms. The number of hydrogen-bond donors (Lipinski definition) is 0. The summed E-state index contributed by atoms with van der Waals surface area (Å²) in [5.41, 5.74) is 0. The van der Waals surface area contributed by atoms with Gasteiger partial charge in [0.25, 0.3) is 0 Å². The zero-order valence-corrected chi connectivity index (χ0v) is 15.1. The molecule has 0 N–H and O–H groups in total. The Morgan fingerprint density at radius 2 is 1.57 bits per heavy atom. The van der Waals surface area contributed by atoms with E-state index in [1.54, 1.807) is 0 Å². The van der Waals surface area contributed by atoms with Crippen LogP contribution in [0, 0.1) is 17.8 Å². The lowest BCUT2D eigenvalue weighted by Crippen LogP contribution is -2.35.